The summed E-state index contributed by atoms with van der Waals surface area (Å²) in [6, 6.07) is 8.40. The SMILES string of the molecule is CNC(=O)NC[C@H](C)NC(=O)[C@@H]1CCCN1C(=O)NCc1ccccc1. The molecule has 1 saturated heterocycles. The molecular weight excluding hydrogens is 334 g/mol. The summed E-state index contributed by atoms with van der Waals surface area (Å²) in [6.45, 7) is 3.11. The van der Waals surface area contributed by atoms with Gasteiger partial charge in [-0.2, -0.15) is 0 Å². The van der Waals surface area contributed by atoms with Gasteiger partial charge in [-0.3, -0.25) is 4.79 Å². The van der Waals surface area contributed by atoms with Gasteiger partial charge < -0.3 is 26.2 Å². The van der Waals surface area contributed by atoms with Crippen molar-refractivity contribution in [3.63, 3.8) is 0 Å². The van der Waals surface area contributed by atoms with Crippen molar-refractivity contribution in [2.75, 3.05) is 20.1 Å². The van der Waals surface area contributed by atoms with Crippen molar-refractivity contribution in [3.8, 4) is 0 Å². The zero-order chi connectivity index (χ0) is 18.9. The second-order valence-corrected chi connectivity index (χ2v) is 6.37. The maximum atomic E-state index is 12.5. The topological polar surface area (TPSA) is 103 Å². The van der Waals surface area contributed by atoms with Gasteiger partial charge >= 0.3 is 12.1 Å². The lowest BCUT2D eigenvalue weighted by Gasteiger charge is -2.26. The van der Waals surface area contributed by atoms with E-state index in [-0.39, 0.29) is 24.0 Å². The first-order valence-corrected chi connectivity index (χ1v) is 8.85. The average Bonchev–Trinajstić information content (AvgIpc) is 3.15. The van der Waals surface area contributed by atoms with E-state index in [1.54, 1.807) is 4.90 Å². The molecular formula is C18H27N5O3. The predicted octanol–water partition coefficient (Wildman–Crippen LogP) is 0.794. The molecule has 0 bridgehead atoms. The van der Waals surface area contributed by atoms with Crippen molar-refractivity contribution in [2.45, 2.75) is 38.4 Å². The molecule has 1 aromatic rings. The molecule has 5 amide bonds. The Morgan fingerprint density at radius 2 is 1.92 bits per heavy atom. The maximum Gasteiger partial charge on any atom is 0.318 e. The summed E-state index contributed by atoms with van der Waals surface area (Å²) in [4.78, 5) is 37.7. The Balaban J connectivity index is 1.82. The summed E-state index contributed by atoms with van der Waals surface area (Å²) < 4.78 is 0. The Morgan fingerprint density at radius 3 is 2.62 bits per heavy atom. The summed E-state index contributed by atoms with van der Waals surface area (Å²) in [5, 5.41) is 10.8. The molecule has 26 heavy (non-hydrogen) atoms. The fourth-order valence-corrected chi connectivity index (χ4v) is 2.88. The molecule has 1 aromatic carbocycles. The van der Waals surface area contributed by atoms with E-state index >= 15 is 0 Å². The number of nitrogens with zero attached hydrogens (tertiary/aromatic N) is 1. The summed E-state index contributed by atoms with van der Waals surface area (Å²) in [7, 11) is 1.53. The first-order valence-electron chi connectivity index (χ1n) is 8.85. The lowest BCUT2D eigenvalue weighted by atomic mass is 10.2. The molecule has 1 fully saturated rings. The molecule has 0 aromatic heterocycles. The van der Waals surface area contributed by atoms with Crippen LogP contribution in [0.2, 0.25) is 0 Å². The minimum absolute atomic E-state index is 0.191. The number of amides is 5. The van der Waals surface area contributed by atoms with Gasteiger partial charge in [0.1, 0.15) is 6.04 Å². The van der Waals surface area contributed by atoms with Crippen molar-refractivity contribution >= 4 is 18.0 Å². The minimum Gasteiger partial charge on any atom is -0.350 e. The maximum absolute atomic E-state index is 12.5. The lowest BCUT2D eigenvalue weighted by molar-refractivity contribution is -0.125. The van der Waals surface area contributed by atoms with Crippen LogP contribution in [0.4, 0.5) is 9.59 Å². The summed E-state index contributed by atoms with van der Waals surface area (Å²) >= 11 is 0. The quantitative estimate of drug-likeness (QED) is 0.602. The van der Waals surface area contributed by atoms with Crippen LogP contribution in [-0.2, 0) is 11.3 Å². The Morgan fingerprint density at radius 1 is 1.19 bits per heavy atom. The molecule has 2 rings (SSSR count). The second kappa shape index (κ2) is 9.65. The lowest BCUT2D eigenvalue weighted by Crippen LogP contribution is -2.52. The number of carbonyl (C=O) groups excluding carboxylic acids is 3. The van der Waals surface area contributed by atoms with Crippen LogP contribution in [0.5, 0.6) is 0 Å². The van der Waals surface area contributed by atoms with Crippen molar-refractivity contribution in [2.24, 2.45) is 0 Å². The molecule has 1 aliphatic heterocycles. The van der Waals surface area contributed by atoms with E-state index in [1.165, 1.54) is 7.05 Å². The highest BCUT2D eigenvalue weighted by atomic mass is 16.2. The third-order valence-corrected chi connectivity index (χ3v) is 4.29. The van der Waals surface area contributed by atoms with Gasteiger partial charge in [0.25, 0.3) is 0 Å². The Bertz CT molecular complexity index is 623. The van der Waals surface area contributed by atoms with E-state index in [2.05, 4.69) is 21.3 Å². The van der Waals surface area contributed by atoms with Gasteiger partial charge in [-0.25, -0.2) is 9.59 Å². The van der Waals surface area contributed by atoms with Crippen molar-refractivity contribution in [1.82, 2.24) is 26.2 Å². The summed E-state index contributed by atoms with van der Waals surface area (Å²) in [6.07, 6.45) is 1.43. The molecule has 0 saturated carbocycles. The summed E-state index contributed by atoms with van der Waals surface area (Å²) in [5.41, 5.74) is 1.01. The van der Waals surface area contributed by atoms with E-state index < -0.39 is 6.04 Å². The fraction of sp³-hybridized carbons (Fsp3) is 0.500. The zero-order valence-electron chi connectivity index (χ0n) is 15.2. The van der Waals surface area contributed by atoms with E-state index in [4.69, 9.17) is 0 Å². The molecule has 8 heteroatoms. The number of urea groups is 2. The van der Waals surface area contributed by atoms with Crippen LogP contribution in [0.3, 0.4) is 0 Å². The van der Waals surface area contributed by atoms with Gasteiger partial charge in [-0.05, 0) is 25.3 Å². The Hall–Kier alpha value is -2.77. The van der Waals surface area contributed by atoms with Crippen LogP contribution in [0.15, 0.2) is 30.3 Å². The number of carbonyl (C=O) groups is 3. The standard InChI is InChI=1S/C18H27N5O3/c1-13(11-20-17(25)19-2)22-16(24)15-9-6-10-23(15)18(26)21-12-14-7-4-3-5-8-14/h3-5,7-8,13,15H,6,9-12H2,1-2H3,(H,21,26)(H,22,24)(H2,19,20,25)/t13-,15-/m0/s1. The Kier molecular flexibility index (Phi) is 7.25. The molecule has 0 unspecified atom stereocenters. The normalized spacial score (nSPS) is 17.3. The average molecular weight is 361 g/mol. The number of rotatable bonds is 6. The molecule has 4 N–H and O–H groups in total. The van der Waals surface area contributed by atoms with Crippen LogP contribution in [0.25, 0.3) is 0 Å². The fourth-order valence-electron chi connectivity index (χ4n) is 2.88. The van der Waals surface area contributed by atoms with Crippen LogP contribution < -0.4 is 21.3 Å². The zero-order valence-corrected chi connectivity index (χ0v) is 15.2. The highest BCUT2D eigenvalue weighted by Crippen LogP contribution is 2.17. The highest BCUT2D eigenvalue weighted by molar-refractivity contribution is 5.87. The van der Waals surface area contributed by atoms with Crippen molar-refractivity contribution in [3.05, 3.63) is 35.9 Å². The monoisotopic (exact) mass is 361 g/mol. The van der Waals surface area contributed by atoms with Crippen molar-refractivity contribution < 1.29 is 14.4 Å². The van der Waals surface area contributed by atoms with E-state index in [0.717, 1.165) is 12.0 Å². The first-order chi connectivity index (χ1) is 12.5. The van der Waals surface area contributed by atoms with E-state index in [0.29, 0.717) is 26.1 Å². The van der Waals surface area contributed by atoms with Gasteiger partial charge in [0.05, 0.1) is 0 Å². The van der Waals surface area contributed by atoms with Crippen LogP contribution in [0, 0.1) is 0 Å². The largest absolute Gasteiger partial charge is 0.350 e. The molecule has 0 aliphatic carbocycles. The minimum atomic E-state index is -0.478. The van der Waals surface area contributed by atoms with Gasteiger partial charge in [0.2, 0.25) is 5.91 Å². The van der Waals surface area contributed by atoms with Crippen LogP contribution in [0.1, 0.15) is 25.3 Å². The number of benzene rings is 1. The molecule has 0 radical (unpaired) electrons. The molecule has 142 valence electrons. The van der Waals surface area contributed by atoms with E-state index in [9.17, 15) is 14.4 Å². The second-order valence-electron chi connectivity index (χ2n) is 6.37. The first kappa shape index (κ1) is 19.6. The number of hydrogen-bond donors (Lipinski definition) is 4. The van der Waals surface area contributed by atoms with Gasteiger partial charge in [0, 0.05) is 32.7 Å². The van der Waals surface area contributed by atoms with Gasteiger partial charge in [-0.15, -0.1) is 0 Å². The van der Waals surface area contributed by atoms with Gasteiger partial charge in [0.15, 0.2) is 0 Å². The third-order valence-electron chi connectivity index (χ3n) is 4.29. The van der Waals surface area contributed by atoms with Crippen molar-refractivity contribution in [1.29, 1.82) is 0 Å². The number of hydrogen-bond acceptors (Lipinski definition) is 3. The summed E-state index contributed by atoms with van der Waals surface area (Å²) in [5.74, 6) is -0.191. The number of likely N-dealkylation sites (tertiary alicyclic amines) is 1. The molecule has 8 nitrogen and oxygen atoms in total. The van der Waals surface area contributed by atoms with E-state index in [1.807, 2.05) is 37.3 Å². The molecule has 1 heterocycles. The smallest absolute Gasteiger partial charge is 0.318 e. The third kappa shape index (κ3) is 5.65. The highest BCUT2D eigenvalue weighted by Gasteiger charge is 2.34. The predicted molar refractivity (Wildman–Crippen MR) is 98.5 cm³/mol. The van der Waals surface area contributed by atoms with Crippen LogP contribution in [-0.4, -0.2) is 55.1 Å². The number of nitrogens with one attached hydrogen (secondary N) is 4. The molecule has 2 atom stereocenters. The van der Waals surface area contributed by atoms with Crippen LogP contribution >= 0.6 is 0 Å². The molecule has 0 spiro atoms. The van der Waals surface area contributed by atoms with Gasteiger partial charge in [-0.1, -0.05) is 30.3 Å². The molecule has 1 aliphatic rings. The Labute approximate surface area is 153 Å².